The summed E-state index contributed by atoms with van der Waals surface area (Å²) in [5.41, 5.74) is 5.39. The number of benzene rings is 3. The van der Waals surface area contributed by atoms with Crippen molar-refractivity contribution in [3.63, 3.8) is 0 Å². The number of hydrazone groups is 1. The molecule has 0 saturated heterocycles. The molecule has 2 atom stereocenters. The predicted octanol–water partition coefficient (Wildman–Crippen LogP) is 5.60. The number of methoxy groups -OCH3 is 1. The molecule has 1 aliphatic heterocycles. The Labute approximate surface area is 286 Å². The summed E-state index contributed by atoms with van der Waals surface area (Å²) in [7, 11) is 1.27. The molecule has 3 aromatic rings. The van der Waals surface area contributed by atoms with Gasteiger partial charge in [-0.3, -0.25) is 5.43 Å². The maximum atomic E-state index is 12.5. The molecule has 250 valence electrons. The number of rotatable bonds is 15. The summed E-state index contributed by atoms with van der Waals surface area (Å²) in [6.07, 6.45) is 0.352. The summed E-state index contributed by atoms with van der Waals surface area (Å²) in [6, 6.07) is 14.8. The van der Waals surface area contributed by atoms with E-state index in [9.17, 15) is 14.7 Å². The van der Waals surface area contributed by atoms with Crippen LogP contribution in [-0.4, -0.2) is 56.5 Å². The van der Waals surface area contributed by atoms with Crippen molar-refractivity contribution >= 4 is 45.7 Å². The number of amides is 2. The lowest BCUT2D eigenvalue weighted by molar-refractivity contribution is -0.136. The Morgan fingerprint density at radius 2 is 1.81 bits per heavy atom. The lowest BCUT2D eigenvalue weighted by Crippen LogP contribution is -2.45. The fourth-order valence-corrected chi connectivity index (χ4v) is 5.42. The monoisotopic (exact) mass is 730 g/mol. The third kappa shape index (κ3) is 9.31. The second kappa shape index (κ2) is 16.9. The molecule has 0 bridgehead atoms. The number of hydrogen-bond donors (Lipinski definition) is 4. The highest BCUT2D eigenvalue weighted by Crippen LogP contribution is 2.38. The maximum Gasteiger partial charge on any atom is 0.337 e. The summed E-state index contributed by atoms with van der Waals surface area (Å²) >= 11 is 9.82. The summed E-state index contributed by atoms with van der Waals surface area (Å²) in [4.78, 5) is 24.7. The smallest absolute Gasteiger partial charge is 0.337 e. The molecular weight excluding hydrogens is 696 g/mol. The Morgan fingerprint density at radius 1 is 1.06 bits per heavy atom. The first-order valence-electron chi connectivity index (χ1n) is 14.7. The molecule has 12 nitrogen and oxygen atoms in total. The van der Waals surface area contributed by atoms with E-state index in [1.165, 1.54) is 13.3 Å². The van der Waals surface area contributed by atoms with Gasteiger partial charge in [0.15, 0.2) is 29.2 Å². The second-order valence-electron chi connectivity index (χ2n) is 10.1. The van der Waals surface area contributed by atoms with Gasteiger partial charge in [0, 0.05) is 16.3 Å². The highest BCUT2D eigenvalue weighted by molar-refractivity contribution is 9.10. The van der Waals surface area contributed by atoms with Crippen molar-refractivity contribution in [2.45, 2.75) is 39.6 Å². The molecule has 0 aromatic heterocycles. The third-order valence-electron chi connectivity index (χ3n) is 6.77. The number of halogens is 2. The fraction of sp³-hybridized carbons (Fsp3) is 0.303. The SMILES string of the molecule is CCOc1cc([C@H]2NC(=O)NC(C)=C2C(=O)OC)ccc1OC[C@@H](O)N/N=C/c1cc(Br)c(OCc2ccccc2Cl)c(OCC)c1. The molecule has 47 heavy (non-hydrogen) atoms. The molecule has 0 fully saturated rings. The summed E-state index contributed by atoms with van der Waals surface area (Å²) in [6.45, 7) is 6.14. The van der Waals surface area contributed by atoms with Crippen LogP contribution >= 0.6 is 27.5 Å². The van der Waals surface area contributed by atoms with Crippen molar-refractivity contribution in [3.05, 3.63) is 92.1 Å². The lowest BCUT2D eigenvalue weighted by Gasteiger charge is -2.28. The zero-order chi connectivity index (χ0) is 33.9. The van der Waals surface area contributed by atoms with Gasteiger partial charge in [-0.15, -0.1) is 0 Å². The molecule has 0 unspecified atom stereocenters. The number of nitrogens with zero attached hydrogens (tertiary/aromatic N) is 1. The molecule has 0 radical (unpaired) electrons. The van der Waals surface area contributed by atoms with Crippen molar-refractivity contribution in [3.8, 4) is 23.0 Å². The Hall–Kier alpha value is -4.46. The molecule has 14 heteroatoms. The second-order valence-corrected chi connectivity index (χ2v) is 11.3. The van der Waals surface area contributed by atoms with E-state index >= 15 is 0 Å². The number of allylic oxidation sites excluding steroid dienone is 1. The molecule has 1 aliphatic rings. The average Bonchev–Trinajstić information content (AvgIpc) is 3.04. The van der Waals surface area contributed by atoms with Crippen LogP contribution in [0.5, 0.6) is 23.0 Å². The van der Waals surface area contributed by atoms with Crippen LogP contribution in [0.2, 0.25) is 5.02 Å². The van der Waals surface area contributed by atoms with Crippen LogP contribution in [0.4, 0.5) is 4.79 Å². The molecule has 1 heterocycles. The maximum absolute atomic E-state index is 12.5. The normalized spacial score (nSPS) is 15.0. The van der Waals surface area contributed by atoms with Gasteiger partial charge in [0.1, 0.15) is 13.2 Å². The first kappa shape index (κ1) is 35.4. The minimum absolute atomic E-state index is 0.171. The summed E-state index contributed by atoms with van der Waals surface area (Å²) < 4.78 is 29.0. The van der Waals surface area contributed by atoms with E-state index in [0.717, 1.165) is 5.56 Å². The number of nitrogens with one attached hydrogen (secondary N) is 3. The zero-order valence-electron chi connectivity index (χ0n) is 26.3. The topological polar surface area (TPSA) is 149 Å². The summed E-state index contributed by atoms with van der Waals surface area (Å²) in [5, 5.41) is 20.6. The van der Waals surface area contributed by atoms with Gasteiger partial charge in [-0.2, -0.15) is 5.10 Å². The molecule has 3 aromatic carbocycles. The molecule has 4 N–H and O–H groups in total. The Kier molecular flexibility index (Phi) is 12.7. The Morgan fingerprint density at radius 3 is 2.53 bits per heavy atom. The largest absolute Gasteiger partial charge is 0.490 e. The van der Waals surface area contributed by atoms with Crippen LogP contribution in [0.3, 0.4) is 0 Å². The van der Waals surface area contributed by atoms with Crippen LogP contribution in [0, 0.1) is 0 Å². The van der Waals surface area contributed by atoms with Gasteiger partial charge in [-0.05, 0) is 78.2 Å². The van der Waals surface area contributed by atoms with Gasteiger partial charge in [0.05, 0.1) is 42.6 Å². The predicted molar refractivity (Wildman–Crippen MR) is 180 cm³/mol. The van der Waals surface area contributed by atoms with E-state index in [4.69, 9.17) is 35.3 Å². The van der Waals surface area contributed by atoms with Crippen molar-refractivity contribution in [2.75, 3.05) is 26.9 Å². The number of esters is 1. The van der Waals surface area contributed by atoms with Crippen LogP contribution in [0.1, 0.15) is 43.5 Å². The van der Waals surface area contributed by atoms with Crippen molar-refractivity contribution in [1.29, 1.82) is 0 Å². The first-order chi connectivity index (χ1) is 22.6. The number of ether oxygens (including phenoxy) is 5. The average molecular weight is 732 g/mol. The van der Waals surface area contributed by atoms with E-state index in [0.29, 0.717) is 62.5 Å². The number of aliphatic hydroxyl groups is 1. The van der Waals surface area contributed by atoms with Gasteiger partial charge in [0.2, 0.25) is 0 Å². The van der Waals surface area contributed by atoms with E-state index < -0.39 is 24.3 Å². The Balaban J connectivity index is 1.40. The van der Waals surface area contributed by atoms with E-state index in [1.807, 2.05) is 38.1 Å². The third-order valence-corrected chi connectivity index (χ3v) is 7.73. The van der Waals surface area contributed by atoms with Crippen LogP contribution in [0.15, 0.2) is 75.4 Å². The van der Waals surface area contributed by atoms with Crippen molar-refractivity contribution in [2.24, 2.45) is 5.10 Å². The van der Waals surface area contributed by atoms with E-state index in [-0.39, 0.29) is 18.8 Å². The number of carbonyl (C=O) groups excluding carboxylic acids is 2. The molecule has 0 spiro atoms. The van der Waals surface area contributed by atoms with Crippen LogP contribution in [-0.2, 0) is 16.1 Å². The van der Waals surface area contributed by atoms with Crippen molar-refractivity contribution < 1.29 is 38.4 Å². The quantitative estimate of drug-likeness (QED) is 0.0679. The van der Waals surface area contributed by atoms with Gasteiger partial charge < -0.3 is 39.4 Å². The van der Waals surface area contributed by atoms with Gasteiger partial charge in [0.25, 0.3) is 0 Å². The van der Waals surface area contributed by atoms with Gasteiger partial charge in [-0.1, -0.05) is 35.9 Å². The molecule has 2 amide bonds. The molecule has 0 aliphatic carbocycles. The number of aliphatic hydroxyl groups excluding tert-OH is 1. The Bertz CT molecular complexity index is 1650. The number of carbonyl (C=O) groups is 2. The standard InChI is InChI=1S/C33H36BrClN4O8/c1-5-44-26-15-21(30-29(32(41)43-4)19(3)37-33(42)38-30)11-12-25(26)46-18-28(40)39-36-16-20-13-23(34)31(27(14-20)45-6-2)47-17-22-9-7-8-10-24(22)35/h7-16,28,30,39-40H,5-6,17-18H2,1-4H3,(H2,37,38,42)/b36-16+/t28-,30-/m1/s1. The minimum atomic E-state index is -1.17. The van der Waals surface area contributed by atoms with Gasteiger partial charge >= 0.3 is 12.0 Å². The zero-order valence-corrected chi connectivity index (χ0v) is 28.6. The number of urea groups is 1. The number of hydrogen-bond acceptors (Lipinski definition) is 10. The molecular formula is C33H36BrClN4O8. The first-order valence-corrected chi connectivity index (χ1v) is 15.9. The van der Waals surface area contributed by atoms with E-state index in [1.54, 1.807) is 37.3 Å². The molecule has 0 saturated carbocycles. The highest BCUT2D eigenvalue weighted by Gasteiger charge is 2.32. The van der Waals surface area contributed by atoms with Crippen molar-refractivity contribution in [1.82, 2.24) is 16.1 Å². The van der Waals surface area contributed by atoms with Crippen LogP contribution < -0.4 is 35.0 Å². The van der Waals surface area contributed by atoms with Gasteiger partial charge in [-0.25, -0.2) is 9.59 Å². The minimum Gasteiger partial charge on any atom is -0.490 e. The lowest BCUT2D eigenvalue weighted by atomic mass is 9.95. The molecule has 4 rings (SSSR count). The fourth-order valence-electron chi connectivity index (χ4n) is 4.65. The van der Waals surface area contributed by atoms with Crippen LogP contribution in [0.25, 0.3) is 0 Å². The summed E-state index contributed by atoms with van der Waals surface area (Å²) in [5.74, 6) is 1.17. The van der Waals surface area contributed by atoms with E-state index in [2.05, 4.69) is 37.1 Å². The highest BCUT2D eigenvalue weighted by atomic mass is 79.9.